The number of carbonyl (C=O) groups excluding carboxylic acids is 4. The Morgan fingerprint density at radius 3 is 2.22 bits per heavy atom. The van der Waals surface area contributed by atoms with Gasteiger partial charge in [0, 0.05) is 10.7 Å². The van der Waals surface area contributed by atoms with E-state index in [2.05, 4.69) is 16.0 Å². The van der Waals surface area contributed by atoms with E-state index in [1.54, 1.807) is 31.2 Å². The molecule has 8 nitrogen and oxygen atoms in total. The third-order valence-electron chi connectivity index (χ3n) is 5.39. The molecule has 0 radical (unpaired) electrons. The van der Waals surface area contributed by atoms with Crippen LogP contribution >= 0.6 is 11.6 Å². The average Bonchev–Trinajstić information content (AvgIpc) is 2.93. The first-order valence-corrected chi connectivity index (χ1v) is 10.4. The molecule has 32 heavy (non-hydrogen) atoms. The molecule has 168 valence electrons. The van der Waals surface area contributed by atoms with E-state index in [-0.39, 0.29) is 6.54 Å². The van der Waals surface area contributed by atoms with Crippen LogP contribution in [-0.4, -0.2) is 41.7 Å². The van der Waals surface area contributed by atoms with Gasteiger partial charge < -0.3 is 16.0 Å². The quantitative estimate of drug-likeness (QED) is 0.581. The number of nitrogens with zero attached hydrogens (tertiary/aromatic N) is 1. The van der Waals surface area contributed by atoms with Gasteiger partial charge in [0.25, 0.3) is 5.91 Å². The Balaban J connectivity index is 1.59. The smallest absolute Gasteiger partial charge is 0.325 e. The van der Waals surface area contributed by atoms with Crippen LogP contribution in [0.3, 0.4) is 0 Å². The third kappa shape index (κ3) is 4.75. The number of rotatable bonds is 6. The minimum Gasteiger partial charge on any atom is -0.345 e. The summed E-state index contributed by atoms with van der Waals surface area (Å²) in [5.41, 5.74) is 2.87. The molecule has 1 aliphatic heterocycles. The lowest BCUT2D eigenvalue weighted by Crippen LogP contribution is -2.44. The van der Waals surface area contributed by atoms with Gasteiger partial charge in [0.2, 0.25) is 11.8 Å². The molecule has 1 saturated heterocycles. The van der Waals surface area contributed by atoms with Gasteiger partial charge in [-0.05, 0) is 56.5 Å². The van der Waals surface area contributed by atoms with E-state index in [0.717, 1.165) is 21.6 Å². The van der Waals surface area contributed by atoms with Gasteiger partial charge in [0.15, 0.2) is 0 Å². The van der Waals surface area contributed by atoms with E-state index in [1.165, 1.54) is 0 Å². The first-order chi connectivity index (χ1) is 15.0. The van der Waals surface area contributed by atoms with Crippen LogP contribution in [0.15, 0.2) is 36.4 Å². The van der Waals surface area contributed by atoms with Crippen LogP contribution in [0, 0.1) is 20.8 Å². The number of urea groups is 1. The summed E-state index contributed by atoms with van der Waals surface area (Å²) in [7, 11) is 0. The molecule has 9 heteroatoms. The summed E-state index contributed by atoms with van der Waals surface area (Å²) in [6.07, 6.45) is 0. The zero-order chi connectivity index (χ0) is 23.6. The largest absolute Gasteiger partial charge is 0.345 e. The van der Waals surface area contributed by atoms with E-state index in [1.807, 2.05) is 32.9 Å². The van der Waals surface area contributed by atoms with Gasteiger partial charge in [-0.25, -0.2) is 4.79 Å². The number of amides is 5. The molecule has 5 amide bonds. The maximum atomic E-state index is 12.9. The van der Waals surface area contributed by atoms with Crippen molar-refractivity contribution in [3.8, 4) is 0 Å². The summed E-state index contributed by atoms with van der Waals surface area (Å²) < 4.78 is 0. The van der Waals surface area contributed by atoms with Crippen molar-refractivity contribution in [2.24, 2.45) is 0 Å². The van der Waals surface area contributed by atoms with Crippen LogP contribution in [0.4, 0.5) is 10.5 Å². The molecule has 3 rings (SSSR count). The number of anilines is 1. The van der Waals surface area contributed by atoms with Crippen LogP contribution < -0.4 is 16.0 Å². The number of hydrogen-bond donors (Lipinski definition) is 3. The molecule has 0 spiro atoms. The SMILES string of the molecule is Cc1cc(C)c(NC(=O)CNC(=O)CN2C(=O)NC(C)(c3ccc(Cl)cc3)C2=O)c(C)c1. The second-order valence-corrected chi connectivity index (χ2v) is 8.49. The summed E-state index contributed by atoms with van der Waals surface area (Å²) in [4.78, 5) is 50.7. The number of carbonyl (C=O) groups is 4. The maximum absolute atomic E-state index is 12.9. The Labute approximate surface area is 191 Å². The second-order valence-electron chi connectivity index (χ2n) is 8.05. The lowest BCUT2D eigenvalue weighted by Gasteiger charge is -2.22. The standard InChI is InChI=1S/C23H25ClN4O4/c1-13-9-14(2)20(15(3)10-13)26-18(29)11-25-19(30)12-28-21(31)23(4,27-22(28)32)16-5-7-17(24)8-6-16/h5-10H,11-12H2,1-4H3,(H,25,30)(H,26,29)(H,27,32). The van der Waals surface area contributed by atoms with Gasteiger partial charge >= 0.3 is 6.03 Å². The van der Waals surface area contributed by atoms with Crippen molar-refractivity contribution < 1.29 is 19.2 Å². The number of imide groups is 1. The monoisotopic (exact) mass is 456 g/mol. The van der Waals surface area contributed by atoms with E-state index in [0.29, 0.717) is 16.3 Å². The highest BCUT2D eigenvalue weighted by Crippen LogP contribution is 2.29. The van der Waals surface area contributed by atoms with Crippen LogP contribution in [0.1, 0.15) is 29.2 Å². The highest BCUT2D eigenvalue weighted by Gasteiger charge is 2.49. The van der Waals surface area contributed by atoms with Gasteiger partial charge in [0.05, 0.1) is 6.54 Å². The number of benzene rings is 2. The average molecular weight is 457 g/mol. The maximum Gasteiger partial charge on any atom is 0.325 e. The molecular weight excluding hydrogens is 432 g/mol. The number of aryl methyl sites for hydroxylation is 3. The zero-order valence-corrected chi connectivity index (χ0v) is 19.1. The molecular formula is C23H25ClN4O4. The molecule has 1 unspecified atom stereocenters. The van der Waals surface area contributed by atoms with E-state index in [4.69, 9.17) is 11.6 Å². The van der Waals surface area contributed by atoms with E-state index >= 15 is 0 Å². The van der Waals surface area contributed by atoms with Crippen molar-refractivity contribution in [1.29, 1.82) is 0 Å². The molecule has 1 heterocycles. The van der Waals surface area contributed by atoms with Crippen molar-refractivity contribution in [2.45, 2.75) is 33.2 Å². The van der Waals surface area contributed by atoms with Gasteiger partial charge in [0.1, 0.15) is 12.1 Å². The first-order valence-electron chi connectivity index (χ1n) is 10.1. The summed E-state index contributed by atoms with van der Waals surface area (Å²) in [6, 6.07) is 9.75. The number of hydrogen-bond acceptors (Lipinski definition) is 4. The first kappa shape index (κ1) is 23.3. The fraction of sp³-hybridized carbons (Fsp3) is 0.304. The number of halogens is 1. The normalized spacial score (nSPS) is 17.8. The molecule has 1 fully saturated rings. The summed E-state index contributed by atoms with van der Waals surface area (Å²) in [5, 5.41) is 8.36. The summed E-state index contributed by atoms with van der Waals surface area (Å²) in [5.74, 6) is -1.59. The molecule has 2 aromatic carbocycles. The van der Waals surface area contributed by atoms with Crippen LogP contribution in [0.2, 0.25) is 5.02 Å². The molecule has 0 bridgehead atoms. The van der Waals surface area contributed by atoms with Crippen LogP contribution in [0.5, 0.6) is 0 Å². The van der Waals surface area contributed by atoms with Crippen molar-refractivity contribution in [2.75, 3.05) is 18.4 Å². The predicted octanol–water partition coefficient (Wildman–Crippen LogP) is 2.79. The van der Waals surface area contributed by atoms with E-state index in [9.17, 15) is 19.2 Å². The van der Waals surface area contributed by atoms with Gasteiger partial charge in [-0.1, -0.05) is 41.4 Å². The summed E-state index contributed by atoms with van der Waals surface area (Å²) >= 11 is 5.89. The molecule has 1 atom stereocenters. The molecule has 1 aliphatic rings. The predicted molar refractivity (Wildman–Crippen MR) is 121 cm³/mol. The van der Waals surface area contributed by atoms with Crippen molar-refractivity contribution in [1.82, 2.24) is 15.5 Å². The highest BCUT2D eigenvalue weighted by molar-refractivity contribution is 6.30. The topological polar surface area (TPSA) is 108 Å². The minimum atomic E-state index is -1.31. The van der Waals surface area contributed by atoms with Crippen molar-refractivity contribution in [3.05, 3.63) is 63.7 Å². The van der Waals surface area contributed by atoms with Crippen LogP contribution in [0.25, 0.3) is 0 Å². The molecule has 3 N–H and O–H groups in total. The van der Waals surface area contributed by atoms with Gasteiger partial charge in [-0.2, -0.15) is 0 Å². The van der Waals surface area contributed by atoms with Crippen LogP contribution in [-0.2, 0) is 19.9 Å². The van der Waals surface area contributed by atoms with E-state index < -0.39 is 35.8 Å². The fourth-order valence-electron chi connectivity index (χ4n) is 3.76. The molecule has 0 saturated carbocycles. The second kappa shape index (κ2) is 9.00. The Morgan fingerprint density at radius 1 is 1.03 bits per heavy atom. The summed E-state index contributed by atoms with van der Waals surface area (Å²) in [6.45, 7) is 6.54. The Morgan fingerprint density at radius 2 is 1.62 bits per heavy atom. The molecule has 0 aliphatic carbocycles. The number of nitrogens with one attached hydrogen (secondary N) is 3. The fourth-order valence-corrected chi connectivity index (χ4v) is 3.88. The van der Waals surface area contributed by atoms with Crippen molar-refractivity contribution in [3.63, 3.8) is 0 Å². The zero-order valence-electron chi connectivity index (χ0n) is 18.3. The lowest BCUT2D eigenvalue weighted by molar-refractivity contribution is -0.135. The van der Waals surface area contributed by atoms with Crippen molar-refractivity contribution >= 4 is 41.0 Å². The molecule has 0 aromatic heterocycles. The lowest BCUT2D eigenvalue weighted by atomic mass is 9.92. The van der Waals surface area contributed by atoms with Gasteiger partial charge in [-0.15, -0.1) is 0 Å². The van der Waals surface area contributed by atoms with Gasteiger partial charge in [-0.3, -0.25) is 19.3 Å². The molecule has 2 aromatic rings. The Bertz CT molecular complexity index is 1080. The minimum absolute atomic E-state index is 0.288. The highest BCUT2D eigenvalue weighted by atomic mass is 35.5. The Hall–Kier alpha value is -3.39. The third-order valence-corrected chi connectivity index (χ3v) is 5.64. The Kier molecular flexibility index (Phi) is 6.55.